The van der Waals surface area contributed by atoms with Gasteiger partial charge in [0.1, 0.15) is 5.75 Å². The minimum absolute atomic E-state index is 0.148. The first-order valence-electron chi connectivity index (χ1n) is 7.32. The summed E-state index contributed by atoms with van der Waals surface area (Å²) in [6.45, 7) is 0. The molecule has 3 aromatic rings. The molecule has 2 aromatic carbocycles. The fourth-order valence-electron chi connectivity index (χ4n) is 2.46. The standard InChI is InChI=1S/C19H17NO2S/c1-22-16-11-6-5-10-15(16)19(21)20-18(17-12-7-13-23-17)14-8-3-2-4-9-14/h2-13,18H,1H3,(H,20,21). The van der Waals surface area contributed by atoms with Gasteiger partial charge in [-0.2, -0.15) is 0 Å². The number of para-hydroxylation sites is 1. The molecule has 1 heterocycles. The molecule has 0 bridgehead atoms. The van der Waals surface area contributed by atoms with Crippen molar-refractivity contribution in [3.8, 4) is 5.75 Å². The molecule has 0 radical (unpaired) electrons. The first kappa shape index (κ1) is 15.3. The molecule has 1 atom stereocenters. The average molecular weight is 323 g/mol. The number of amides is 1. The van der Waals surface area contributed by atoms with Crippen LogP contribution in [0.2, 0.25) is 0 Å². The van der Waals surface area contributed by atoms with Gasteiger partial charge in [0.25, 0.3) is 5.91 Å². The van der Waals surface area contributed by atoms with Crippen LogP contribution in [0.5, 0.6) is 5.75 Å². The third-order valence-electron chi connectivity index (χ3n) is 3.59. The Kier molecular flexibility index (Phi) is 4.74. The van der Waals surface area contributed by atoms with Gasteiger partial charge in [0.15, 0.2) is 0 Å². The summed E-state index contributed by atoms with van der Waals surface area (Å²) in [4.78, 5) is 13.8. The number of benzene rings is 2. The molecule has 0 aliphatic carbocycles. The Morgan fingerprint density at radius 1 is 1.00 bits per heavy atom. The maximum absolute atomic E-state index is 12.7. The highest BCUT2D eigenvalue weighted by Gasteiger charge is 2.20. The monoisotopic (exact) mass is 323 g/mol. The maximum atomic E-state index is 12.7. The summed E-state index contributed by atoms with van der Waals surface area (Å²) < 4.78 is 5.29. The summed E-state index contributed by atoms with van der Waals surface area (Å²) in [5, 5.41) is 5.13. The van der Waals surface area contributed by atoms with E-state index in [1.807, 2.05) is 60.0 Å². The van der Waals surface area contributed by atoms with Crippen molar-refractivity contribution in [3.05, 3.63) is 88.1 Å². The summed E-state index contributed by atoms with van der Waals surface area (Å²) in [7, 11) is 1.57. The molecule has 0 saturated heterocycles. The largest absolute Gasteiger partial charge is 0.496 e. The molecule has 4 heteroatoms. The van der Waals surface area contributed by atoms with Crippen LogP contribution in [0.4, 0.5) is 0 Å². The van der Waals surface area contributed by atoms with Crippen molar-refractivity contribution in [2.24, 2.45) is 0 Å². The first-order chi connectivity index (χ1) is 11.3. The number of hydrogen-bond donors (Lipinski definition) is 1. The lowest BCUT2D eigenvalue weighted by Crippen LogP contribution is -2.29. The summed E-state index contributed by atoms with van der Waals surface area (Å²) in [6, 6.07) is 21.1. The van der Waals surface area contributed by atoms with E-state index in [2.05, 4.69) is 5.32 Å². The van der Waals surface area contributed by atoms with Gasteiger partial charge in [0.2, 0.25) is 0 Å². The quantitative estimate of drug-likeness (QED) is 0.761. The fraction of sp³-hybridized carbons (Fsp3) is 0.105. The van der Waals surface area contributed by atoms with Gasteiger partial charge in [0, 0.05) is 4.88 Å². The topological polar surface area (TPSA) is 38.3 Å². The van der Waals surface area contributed by atoms with Crippen molar-refractivity contribution in [2.45, 2.75) is 6.04 Å². The molecule has 1 aromatic heterocycles. The summed E-state index contributed by atoms with van der Waals surface area (Å²) >= 11 is 1.63. The van der Waals surface area contributed by atoms with Crippen LogP contribution in [0.1, 0.15) is 26.8 Å². The number of hydrogen-bond acceptors (Lipinski definition) is 3. The number of rotatable bonds is 5. The lowest BCUT2D eigenvalue weighted by Gasteiger charge is -2.19. The van der Waals surface area contributed by atoms with E-state index in [4.69, 9.17) is 4.74 Å². The SMILES string of the molecule is COc1ccccc1C(=O)NC(c1ccccc1)c1cccs1. The zero-order valence-corrected chi connectivity index (χ0v) is 13.5. The van der Waals surface area contributed by atoms with Crippen LogP contribution < -0.4 is 10.1 Å². The van der Waals surface area contributed by atoms with Crippen LogP contribution in [0, 0.1) is 0 Å². The number of nitrogens with one attached hydrogen (secondary N) is 1. The van der Waals surface area contributed by atoms with E-state index >= 15 is 0 Å². The van der Waals surface area contributed by atoms with Crippen molar-refractivity contribution < 1.29 is 9.53 Å². The number of thiophene rings is 1. The van der Waals surface area contributed by atoms with E-state index in [1.54, 1.807) is 30.6 Å². The van der Waals surface area contributed by atoms with E-state index in [-0.39, 0.29) is 11.9 Å². The highest BCUT2D eigenvalue weighted by atomic mass is 32.1. The van der Waals surface area contributed by atoms with Crippen molar-refractivity contribution >= 4 is 17.2 Å². The molecule has 23 heavy (non-hydrogen) atoms. The van der Waals surface area contributed by atoms with Gasteiger partial charge in [-0.3, -0.25) is 4.79 Å². The summed E-state index contributed by atoms with van der Waals surface area (Å²) in [5.41, 5.74) is 1.59. The molecule has 3 rings (SSSR count). The molecule has 3 nitrogen and oxygen atoms in total. The van der Waals surface area contributed by atoms with Gasteiger partial charge in [0.05, 0.1) is 18.7 Å². The van der Waals surface area contributed by atoms with Crippen molar-refractivity contribution in [3.63, 3.8) is 0 Å². The molecule has 1 unspecified atom stereocenters. The molecule has 0 saturated carbocycles. The van der Waals surface area contributed by atoms with E-state index in [1.165, 1.54) is 0 Å². The summed E-state index contributed by atoms with van der Waals surface area (Å²) in [6.07, 6.45) is 0. The van der Waals surface area contributed by atoms with Crippen LogP contribution in [0.3, 0.4) is 0 Å². The molecule has 0 spiro atoms. The van der Waals surface area contributed by atoms with E-state index in [9.17, 15) is 4.79 Å². The fourth-order valence-corrected chi connectivity index (χ4v) is 3.26. The minimum Gasteiger partial charge on any atom is -0.496 e. The maximum Gasteiger partial charge on any atom is 0.255 e. The predicted molar refractivity (Wildman–Crippen MR) is 93.1 cm³/mol. The van der Waals surface area contributed by atoms with Gasteiger partial charge < -0.3 is 10.1 Å². The van der Waals surface area contributed by atoms with Crippen LogP contribution in [0.25, 0.3) is 0 Å². The third-order valence-corrected chi connectivity index (χ3v) is 4.52. The first-order valence-corrected chi connectivity index (χ1v) is 8.20. The molecule has 0 aliphatic heterocycles. The zero-order valence-electron chi connectivity index (χ0n) is 12.7. The minimum atomic E-state index is -0.173. The Morgan fingerprint density at radius 2 is 1.74 bits per heavy atom. The molecule has 1 amide bonds. The molecule has 0 aliphatic rings. The molecular formula is C19H17NO2S. The average Bonchev–Trinajstić information content (AvgIpc) is 3.14. The molecule has 1 N–H and O–H groups in total. The van der Waals surface area contributed by atoms with Gasteiger partial charge >= 0.3 is 0 Å². The van der Waals surface area contributed by atoms with Gasteiger partial charge in [-0.1, -0.05) is 48.5 Å². The van der Waals surface area contributed by atoms with Gasteiger partial charge in [-0.25, -0.2) is 0 Å². The van der Waals surface area contributed by atoms with Crippen molar-refractivity contribution in [1.29, 1.82) is 0 Å². The lowest BCUT2D eigenvalue weighted by atomic mass is 10.0. The summed E-state index contributed by atoms with van der Waals surface area (Å²) in [5.74, 6) is 0.424. The Hall–Kier alpha value is -2.59. The van der Waals surface area contributed by atoms with Gasteiger partial charge in [-0.05, 0) is 29.1 Å². The van der Waals surface area contributed by atoms with E-state index in [0.717, 1.165) is 10.4 Å². The predicted octanol–water partition coefficient (Wildman–Crippen LogP) is 4.28. The van der Waals surface area contributed by atoms with Crippen LogP contribution in [-0.2, 0) is 0 Å². The second-order valence-electron chi connectivity index (χ2n) is 5.03. The second-order valence-corrected chi connectivity index (χ2v) is 6.01. The van der Waals surface area contributed by atoms with Crippen LogP contribution in [-0.4, -0.2) is 13.0 Å². The Morgan fingerprint density at radius 3 is 2.43 bits per heavy atom. The van der Waals surface area contributed by atoms with Crippen molar-refractivity contribution in [1.82, 2.24) is 5.32 Å². The molecule has 116 valence electrons. The number of ether oxygens (including phenoxy) is 1. The zero-order chi connectivity index (χ0) is 16.1. The number of carbonyl (C=O) groups excluding carboxylic acids is 1. The molecule has 0 fully saturated rings. The number of methoxy groups -OCH3 is 1. The second kappa shape index (κ2) is 7.11. The Balaban J connectivity index is 1.92. The van der Waals surface area contributed by atoms with E-state index in [0.29, 0.717) is 11.3 Å². The van der Waals surface area contributed by atoms with Crippen molar-refractivity contribution in [2.75, 3.05) is 7.11 Å². The Bertz CT molecular complexity index is 769. The van der Waals surface area contributed by atoms with Gasteiger partial charge in [-0.15, -0.1) is 11.3 Å². The third kappa shape index (κ3) is 3.43. The highest BCUT2D eigenvalue weighted by Crippen LogP contribution is 2.27. The highest BCUT2D eigenvalue weighted by molar-refractivity contribution is 7.10. The van der Waals surface area contributed by atoms with Crippen LogP contribution in [0.15, 0.2) is 72.1 Å². The Labute approximate surface area is 139 Å². The van der Waals surface area contributed by atoms with E-state index < -0.39 is 0 Å². The van der Waals surface area contributed by atoms with Crippen LogP contribution >= 0.6 is 11.3 Å². The molecular weight excluding hydrogens is 306 g/mol. The smallest absolute Gasteiger partial charge is 0.255 e. The number of carbonyl (C=O) groups is 1. The lowest BCUT2D eigenvalue weighted by molar-refractivity contribution is 0.0940. The normalized spacial score (nSPS) is 11.7.